The Hall–Kier alpha value is -3.35. The Morgan fingerprint density at radius 2 is 1.79 bits per heavy atom. The van der Waals surface area contributed by atoms with Gasteiger partial charge in [-0.2, -0.15) is 0 Å². The summed E-state index contributed by atoms with van der Waals surface area (Å²) in [5, 5.41) is 11.8. The summed E-state index contributed by atoms with van der Waals surface area (Å²) >= 11 is 0. The summed E-state index contributed by atoms with van der Waals surface area (Å²) in [5.41, 5.74) is 2.05. The Morgan fingerprint density at radius 3 is 2.50 bits per heavy atom. The average molecular weight is 322 g/mol. The predicted molar refractivity (Wildman–Crippen MR) is 86.4 cm³/mol. The van der Waals surface area contributed by atoms with Crippen molar-refractivity contribution in [2.24, 2.45) is 0 Å². The van der Waals surface area contributed by atoms with Gasteiger partial charge in [-0.15, -0.1) is 0 Å². The molecule has 0 bridgehead atoms. The topological polar surface area (TPSA) is 105 Å². The molecule has 7 heteroatoms. The average Bonchev–Trinajstić information content (AvgIpc) is 2.61. The molecule has 2 N–H and O–H groups in total. The third-order valence-corrected chi connectivity index (χ3v) is 3.41. The lowest BCUT2D eigenvalue weighted by atomic mass is 10.1. The number of aliphatic carboxylic acids is 1. The van der Waals surface area contributed by atoms with Gasteiger partial charge in [0.1, 0.15) is 11.7 Å². The number of hydrogen-bond acceptors (Lipinski definition) is 5. The molecule has 0 aliphatic heterocycles. The minimum absolute atomic E-state index is 0.0335. The van der Waals surface area contributed by atoms with E-state index in [0.717, 1.165) is 5.52 Å². The summed E-state index contributed by atoms with van der Waals surface area (Å²) in [7, 11) is 0. The molecule has 1 atom stereocenters. The summed E-state index contributed by atoms with van der Waals surface area (Å²) in [4.78, 5) is 36.1. The minimum atomic E-state index is -1.14. The molecule has 1 amide bonds. The zero-order valence-corrected chi connectivity index (χ0v) is 12.6. The van der Waals surface area contributed by atoms with E-state index in [1.807, 2.05) is 18.2 Å². The number of hydrogen-bond donors (Lipinski definition) is 2. The van der Waals surface area contributed by atoms with E-state index in [0.29, 0.717) is 11.2 Å². The molecule has 0 unspecified atom stereocenters. The second-order valence-corrected chi connectivity index (χ2v) is 5.13. The normalized spacial score (nSPS) is 11.8. The van der Waals surface area contributed by atoms with Crippen molar-refractivity contribution in [3.63, 3.8) is 0 Å². The van der Waals surface area contributed by atoms with Gasteiger partial charge in [-0.3, -0.25) is 14.8 Å². The van der Waals surface area contributed by atoms with Gasteiger partial charge in [0.2, 0.25) is 0 Å². The van der Waals surface area contributed by atoms with Gasteiger partial charge >= 0.3 is 5.97 Å². The number of fused-ring (bicyclic) bond motifs is 1. The third kappa shape index (κ3) is 3.52. The number of benzene rings is 1. The van der Waals surface area contributed by atoms with E-state index in [1.54, 1.807) is 18.2 Å². The van der Waals surface area contributed by atoms with Gasteiger partial charge < -0.3 is 10.4 Å². The van der Waals surface area contributed by atoms with Crippen LogP contribution in [0.2, 0.25) is 0 Å². The largest absolute Gasteiger partial charge is 0.480 e. The Labute approximate surface area is 137 Å². The number of nitrogens with one attached hydrogen (secondary N) is 1. The van der Waals surface area contributed by atoms with Crippen LogP contribution in [0.25, 0.3) is 11.0 Å². The highest BCUT2D eigenvalue weighted by atomic mass is 16.4. The number of carbonyl (C=O) groups is 2. The monoisotopic (exact) mass is 322 g/mol. The first-order valence-corrected chi connectivity index (χ1v) is 7.29. The number of para-hydroxylation sites is 2. The Bertz CT molecular complexity index is 883. The molecule has 120 valence electrons. The second kappa shape index (κ2) is 6.82. The molecule has 3 aromatic rings. The molecule has 0 saturated carbocycles. The van der Waals surface area contributed by atoms with Crippen LogP contribution in [-0.2, 0) is 11.2 Å². The number of carbonyl (C=O) groups excluding carboxylic acids is 1. The van der Waals surface area contributed by atoms with Crippen LogP contribution in [0.3, 0.4) is 0 Å². The van der Waals surface area contributed by atoms with Crippen LogP contribution in [-0.4, -0.2) is 38.0 Å². The number of amides is 1. The van der Waals surface area contributed by atoms with Crippen LogP contribution in [0.1, 0.15) is 16.2 Å². The van der Waals surface area contributed by atoms with Crippen LogP contribution in [0.4, 0.5) is 0 Å². The molecule has 7 nitrogen and oxygen atoms in total. The lowest BCUT2D eigenvalue weighted by molar-refractivity contribution is -0.139. The van der Waals surface area contributed by atoms with E-state index in [9.17, 15) is 14.7 Å². The Balaban J connectivity index is 1.78. The number of carboxylic acid groups (broad SMARTS) is 1. The first-order chi connectivity index (χ1) is 11.6. The van der Waals surface area contributed by atoms with Gasteiger partial charge in [-0.1, -0.05) is 18.2 Å². The molecule has 24 heavy (non-hydrogen) atoms. The number of aromatic nitrogens is 3. The molecule has 2 aromatic heterocycles. The zero-order valence-electron chi connectivity index (χ0n) is 12.6. The van der Waals surface area contributed by atoms with Crippen LogP contribution in [0, 0.1) is 0 Å². The number of carboxylic acids is 1. The van der Waals surface area contributed by atoms with Gasteiger partial charge in [0, 0.05) is 18.8 Å². The quantitative estimate of drug-likeness (QED) is 0.736. The fraction of sp³-hybridized carbons (Fsp3) is 0.118. The van der Waals surface area contributed by atoms with Gasteiger partial charge in [0.05, 0.1) is 16.7 Å². The minimum Gasteiger partial charge on any atom is -0.480 e. The van der Waals surface area contributed by atoms with Crippen molar-refractivity contribution >= 4 is 22.9 Å². The summed E-state index contributed by atoms with van der Waals surface area (Å²) in [6.07, 6.45) is 3.02. The maximum Gasteiger partial charge on any atom is 0.326 e. The predicted octanol–water partition coefficient (Wildman–Crippen LogP) is 1.45. The molecule has 0 aliphatic carbocycles. The molecule has 3 rings (SSSR count). The molecular weight excluding hydrogens is 308 g/mol. The molecule has 0 saturated heterocycles. The van der Waals surface area contributed by atoms with Crippen molar-refractivity contribution in [1.29, 1.82) is 0 Å². The third-order valence-electron chi connectivity index (χ3n) is 3.41. The fourth-order valence-corrected chi connectivity index (χ4v) is 2.23. The zero-order chi connectivity index (χ0) is 16.9. The first-order valence-electron chi connectivity index (χ1n) is 7.29. The van der Waals surface area contributed by atoms with E-state index < -0.39 is 17.9 Å². The van der Waals surface area contributed by atoms with E-state index in [-0.39, 0.29) is 12.1 Å². The second-order valence-electron chi connectivity index (χ2n) is 5.13. The lowest BCUT2D eigenvalue weighted by Gasteiger charge is -2.14. The first kappa shape index (κ1) is 15.5. The number of pyridine rings is 1. The van der Waals surface area contributed by atoms with E-state index in [2.05, 4.69) is 20.3 Å². The summed E-state index contributed by atoms with van der Waals surface area (Å²) in [5.74, 6) is -1.69. The molecule has 0 fully saturated rings. The van der Waals surface area contributed by atoms with Crippen molar-refractivity contribution in [2.45, 2.75) is 12.5 Å². The SMILES string of the molecule is O=C(N[C@H](Cc1cnc2ccccc2n1)C(=O)O)c1ccccn1. The van der Waals surface area contributed by atoms with Crippen LogP contribution < -0.4 is 5.32 Å². The van der Waals surface area contributed by atoms with Crippen molar-refractivity contribution in [3.05, 3.63) is 66.2 Å². The smallest absolute Gasteiger partial charge is 0.326 e. The summed E-state index contributed by atoms with van der Waals surface area (Å²) in [6.45, 7) is 0. The highest BCUT2D eigenvalue weighted by molar-refractivity contribution is 5.94. The van der Waals surface area contributed by atoms with Gasteiger partial charge in [0.25, 0.3) is 5.91 Å². The molecule has 1 aromatic carbocycles. The van der Waals surface area contributed by atoms with Crippen molar-refractivity contribution in [2.75, 3.05) is 0 Å². The molecular formula is C17H14N4O3. The maximum atomic E-state index is 12.1. The highest BCUT2D eigenvalue weighted by Crippen LogP contribution is 2.10. The van der Waals surface area contributed by atoms with Crippen LogP contribution >= 0.6 is 0 Å². The summed E-state index contributed by atoms with van der Waals surface area (Å²) < 4.78 is 0. The van der Waals surface area contributed by atoms with Crippen molar-refractivity contribution in [3.8, 4) is 0 Å². The molecule has 0 spiro atoms. The van der Waals surface area contributed by atoms with Gasteiger partial charge in [-0.25, -0.2) is 9.78 Å². The number of rotatable bonds is 5. The van der Waals surface area contributed by atoms with Gasteiger partial charge in [-0.05, 0) is 24.3 Å². The Kier molecular flexibility index (Phi) is 4.42. The molecule has 0 radical (unpaired) electrons. The van der Waals surface area contributed by atoms with Crippen LogP contribution in [0.15, 0.2) is 54.9 Å². The fourth-order valence-electron chi connectivity index (χ4n) is 2.23. The van der Waals surface area contributed by atoms with E-state index >= 15 is 0 Å². The van der Waals surface area contributed by atoms with Crippen molar-refractivity contribution < 1.29 is 14.7 Å². The Morgan fingerprint density at radius 1 is 1.04 bits per heavy atom. The lowest BCUT2D eigenvalue weighted by Crippen LogP contribution is -2.42. The highest BCUT2D eigenvalue weighted by Gasteiger charge is 2.22. The summed E-state index contributed by atoms with van der Waals surface area (Å²) in [6, 6.07) is 11.0. The standard InChI is InChI=1S/C17H14N4O3/c22-16(14-7-3-4-8-18-14)21-15(17(23)24)9-11-10-19-12-5-1-2-6-13(12)20-11/h1-8,10,15H,9H2,(H,21,22)(H,23,24)/t15-/m1/s1. The van der Waals surface area contributed by atoms with Crippen molar-refractivity contribution in [1.82, 2.24) is 20.3 Å². The number of nitrogens with zero attached hydrogens (tertiary/aromatic N) is 3. The van der Waals surface area contributed by atoms with E-state index in [1.165, 1.54) is 18.5 Å². The molecule has 2 heterocycles. The maximum absolute atomic E-state index is 12.1. The van der Waals surface area contributed by atoms with Gasteiger partial charge in [0.15, 0.2) is 0 Å². The molecule has 0 aliphatic rings. The van der Waals surface area contributed by atoms with E-state index in [4.69, 9.17) is 0 Å². The van der Waals surface area contributed by atoms with Crippen LogP contribution in [0.5, 0.6) is 0 Å².